The Balaban J connectivity index is 1.69. The van der Waals surface area contributed by atoms with Crippen LogP contribution in [0.5, 0.6) is 0 Å². The van der Waals surface area contributed by atoms with E-state index in [1.807, 2.05) is 0 Å². The number of anilines is 1. The lowest BCUT2D eigenvalue weighted by molar-refractivity contribution is -0.122. The van der Waals surface area contributed by atoms with E-state index in [9.17, 15) is 26.7 Å². The van der Waals surface area contributed by atoms with E-state index < -0.39 is 35.8 Å². The number of hydrogen-bond acceptors (Lipinski definition) is 3. The number of halogens is 6. The molecular weight excluding hydrogens is 429 g/mol. The zero-order valence-electron chi connectivity index (χ0n) is 15.9. The van der Waals surface area contributed by atoms with Gasteiger partial charge in [0, 0.05) is 12.5 Å². The summed E-state index contributed by atoms with van der Waals surface area (Å²) in [5, 5.41) is 5.05. The van der Waals surface area contributed by atoms with Gasteiger partial charge in [-0.1, -0.05) is 24.6 Å². The molecule has 1 saturated carbocycles. The summed E-state index contributed by atoms with van der Waals surface area (Å²) in [6.45, 7) is 0.387. The van der Waals surface area contributed by atoms with Crippen LogP contribution >= 0.6 is 11.6 Å². The average molecular weight is 448 g/mol. The first-order chi connectivity index (χ1) is 14.0. The lowest BCUT2D eigenvalue weighted by Crippen LogP contribution is -2.35. The Morgan fingerprint density at radius 3 is 2.53 bits per heavy atom. The molecule has 0 aliphatic heterocycles. The maximum Gasteiger partial charge on any atom is 0.405 e. The van der Waals surface area contributed by atoms with Gasteiger partial charge in [0.1, 0.15) is 29.2 Å². The Labute approximate surface area is 174 Å². The Kier molecular flexibility index (Phi) is 6.21. The number of pyridine rings is 1. The van der Waals surface area contributed by atoms with Crippen molar-refractivity contribution in [3.8, 4) is 0 Å². The second-order valence-corrected chi connectivity index (χ2v) is 7.82. The second-order valence-electron chi connectivity index (χ2n) is 7.43. The molecule has 1 fully saturated rings. The van der Waals surface area contributed by atoms with Crippen LogP contribution in [-0.2, 0) is 10.3 Å². The number of hydrogen-bond donors (Lipinski definition) is 2. The van der Waals surface area contributed by atoms with E-state index in [1.54, 1.807) is 6.92 Å². The minimum absolute atomic E-state index is 0.000509. The lowest BCUT2D eigenvalue weighted by atomic mass is 9.96. The quantitative estimate of drug-likeness (QED) is 0.448. The highest BCUT2D eigenvalue weighted by atomic mass is 35.5. The SMILES string of the molecule is C[C@@H](CC(=O)NC1(c2cc(Cl)nc(NCC(F)(F)F)c2)CC1)c1ccc(F)cc1F. The average Bonchev–Trinajstić information content (AvgIpc) is 3.39. The van der Waals surface area contributed by atoms with Crippen molar-refractivity contribution in [3.63, 3.8) is 0 Å². The highest BCUT2D eigenvalue weighted by molar-refractivity contribution is 6.29. The summed E-state index contributed by atoms with van der Waals surface area (Å²) in [6.07, 6.45) is -3.29. The topological polar surface area (TPSA) is 54.0 Å². The Hall–Kier alpha value is -2.42. The van der Waals surface area contributed by atoms with Crippen molar-refractivity contribution in [2.75, 3.05) is 11.9 Å². The lowest BCUT2D eigenvalue weighted by Gasteiger charge is -2.21. The van der Waals surface area contributed by atoms with E-state index in [-0.39, 0.29) is 28.9 Å². The first-order valence-corrected chi connectivity index (χ1v) is 9.60. The summed E-state index contributed by atoms with van der Waals surface area (Å²) >= 11 is 5.95. The van der Waals surface area contributed by atoms with E-state index >= 15 is 0 Å². The molecule has 1 aromatic heterocycles. The van der Waals surface area contributed by atoms with Crippen LogP contribution in [0.25, 0.3) is 0 Å². The summed E-state index contributed by atoms with van der Waals surface area (Å²) in [6, 6.07) is 6.12. The molecule has 0 bridgehead atoms. The van der Waals surface area contributed by atoms with Crippen molar-refractivity contribution in [2.45, 2.75) is 43.8 Å². The smallest absolute Gasteiger partial charge is 0.361 e. The van der Waals surface area contributed by atoms with E-state index in [2.05, 4.69) is 15.6 Å². The van der Waals surface area contributed by atoms with Gasteiger partial charge in [0.05, 0.1) is 5.54 Å². The molecule has 10 heteroatoms. The molecule has 162 valence electrons. The number of carbonyl (C=O) groups excluding carboxylic acids is 1. The largest absolute Gasteiger partial charge is 0.405 e. The van der Waals surface area contributed by atoms with Crippen LogP contribution in [0.2, 0.25) is 5.15 Å². The van der Waals surface area contributed by atoms with Gasteiger partial charge in [-0.25, -0.2) is 13.8 Å². The fourth-order valence-corrected chi connectivity index (χ4v) is 3.48. The maximum atomic E-state index is 13.9. The van der Waals surface area contributed by atoms with E-state index in [1.165, 1.54) is 18.2 Å². The number of aromatic nitrogens is 1. The van der Waals surface area contributed by atoms with Gasteiger partial charge in [0.25, 0.3) is 0 Å². The van der Waals surface area contributed by atoms with Crippen molar-refractivity contribution < 1.29 is 26.7 Å². The van der Waals surface area contributed by atoms with Crippen molar-refractivity contribution >= 4 is 23.3 Å². The number of nitrogens with zero attached hydrogens (tertiary/aromatic N) is 1. The first-order valence-electron chi connectivity index (χ1n) is 9.22. The Morgan fingerprint density at radius 2 is 1.93 bits per heavy atom. The van der Waals surface area contributed by atoms with Gasteiger partial charge in [-0.15, -0.1) is 0 Å². The molecule has 1 amide bonds. The van der Waals surface area contributed by atoms with Crippen molar-refractivity contribution in [1.29, 1.82) is 0 Å². The van der Waals surface area contributed by atoms with Crippen LogP contribution in [0.3, 0.4) is 0 Å². The molecule has 0 spiro atoms. The number of nitrogens with one attached hydrogen (secondary N) is 2. The van der Waals surface area contributed by atoms with Gasteiger partial charge in [-0.2, -0.15) is 13.2 Å². The molecule has 1 heterocycles. The van der Waals surface area contributed by atoms with Gasteiger partial charge in [-0.3, -0.25) is 4.79 Å². The number of benzene rings is 1. The fraction of sp³-hybridized carbons (Fsp3) is 0.400. The molecule has 4 nitrogen and oxygen atoms in total. The molecule has 1 aromatic carbocycles. The molecule has 1 aliphatic rings. The molecule has 0 radical (unpaired) electrons. The third-order valence-corrected chi connectivity index (χ3v) is 5.12. The molecule has 2 aromatic rings. The molecule has 0 unspecified atom stereocenters. The van der Waals surface area contributed by atoms with E-state index in [0.717, 1.165) is 12.1 Å². The van der Waals surface area contributed by atoms with Crippen LogP contribution in [0, 0.1) is 11.6 Å². The molecule has 3 rings (SSSR count). The van der Waals surface area contributed by atoms with Crippen LogP contribution < -0.4 is 10.6 Å². The number of amides is 1. The minimum atomic E-state index is -4.42. The Morgan fingerprint density at radius 1 is 1.23 bits per heavy atom. The highest BCUT2D eigenvalue weighted by Crippen LogP contribution is 2.46. The number of rotatable bonds is 7. The summed E-state index contributed by atoms with van der Waals surface area (Å²) < 4.78 is 64.3. The summed E-state index contributed by atoms with van der Waals surface area (Å²) in [5.74, 6) is -2.32. The van der Waals surface area contributed by atoms with Crippen molar-refractivity contribution in [1.82, 2.24) is 10.3 Å². The van der Waals surface area contributed by atoms with Crippen LogP contribution in [-0.4, -0.2) is 23.6 Å². The molecule has 1 atom stereocenters. The molecule has 0 saturated heterocycles. The van der Waals surface area contributed by atoms with Crippen LogP contribution in [0.15, 0.2) is 30.3 Å². The molecule has 1 aliphatic carbocycles. The van der Waals surface area contributed by atoms with Crippen molar-refractivity contribution in [2.24, 2.45) is 0 Å². The molecule has 30 heavy (non-hydrogen) atoms. The van der Waals surface area contributed by atoms with Crippen LogP contribution in [0.1, 0.15) is 43.2 Å². The summed E-state index contributed by atoms with van der Waals surface area (Å²) in [7, 11) is 0. The Bertz CT molecular complexity index is 947. The standard InChI is InChI=1S/C20H19ClF5N3O/c1-11(14-3-2-13(22)9-15(14)23)6-18(30)29-19(4-5-19)12-7-16(21)28-17(8-12)27-10-20(24,25)26/h2-3,7-9,11H,4-6,10H2,1H3,(H,27,28)(H,29,30)/t11-/m0/s1. The summed E-state index contributed by atoms with van der Waals surface area (Å²) in [5.41, 5.74) is 0.0162. The minimum Gasteiger partial charge on any atom is -0.361 e. The molecule has 2 N–H and O–H groups in total. The fourth-order valence-electron chi connectivity index (χ4n) is 3.27. The van der Waals surface area contributed by atoms with Gasteiger partial charge < -0.3 is 10.6 Å². The summed E-state index contributed by atoms with van der Waals surface area (Å²) in [4.78, 5) is 16.4. The predicted octanol–water partition coefficient (Wildman–Crippen LogP) is 5.29. The zero-order valence-corrected chi connectivity index (χ0v) is 16.7. The van der Waals surface area contributed by atoms with Crippen LogP contribution in [0.4, 0.5) is 27.8 Å². The first kappa shape index (κ1) is 22.3. The van der Waals surface area contributed by atoms with Gasteiger partial charge in [0.15, 0.2) is 0 Å². The number of carbonyl (C=O) groups is 1. The zero-order chi connectivity index (χ0) is 22.1. The van der Waals surface area contributed by atoms with E-state index in [4.69, 9.17) is 11.6 Å². The predicted molar refractivity (Wildman–Crippen MR) is 102 cm³/mol. The van der Waals surface area contributed by atoms with Gasteiger partial charge in [0.2, 0.25) is 5.91 Å². The van der Waals surface area contributed by atoms with Gasteiger partial charge >= 0.3 is 6.18 Å². The normalized spacial score (nSPS) is 16.1. The molecular formula is C20H19ClF5N3O. The third-order valence-electron chi connectivity index (χ3n) is 4.93. The van der Waals surface area contributed by atoms with E-state index in [0.29, 0.717) is 18.4 Å². The van der Waals surface area contributed by atoms with Gasteiger partial charge in [-0.05, 0) is 48.1 Å². The van der Waals surface area contributed by atoms with Crippen molar-refractivity contribution in [3.05, 3.63) is 58.2 Å². The number of alkyl halides is 3. The monoisotopic (exact) mass is 447 g/mol. The maximum absolute atomic E-state index is 13.9. The second kappa shape index (κ2) is 8.37. The highest BCUT2D eigenvalue weighted by Gasteiger charge is 2.46. The third kappa shape index (κ3) is 5.59.